The highest BCUT2D eigenvalue weighted by Gasteiger charge is 2.30. The molecule has 1 aliphatic carbocycles. The summed E-state index contributed by atoms with van der Waals surface area (Å²) in [6.07, 6.45) is 1.44. The van der Waals surface area contributed by atoms with Crippen LogP contribution in [0.3, 0.4) is 0 Å². The van der Waals surface area contributed by atoms with E-state index in [0.29, 0.717) is 12.5 Å². The van der Waals surface area contributed by atoms with Gasteiger partial charge in [0.1, 0.15) is 5.60 Å². The molecule has 0 heterocycles. The Balaban J connectivity index is 2.21. The van der Waals surface area contributed by atoms with Crippen LogP contribution in [0.15, 0.2) is 0 Å². The van der Waals surface area contributed by atoms with Crippen LogP contribution in [0, 0.1) is 5.92 Å². The predicted octanol–water partition coefficient (Wildman–Crippen LogP) is 0.298. The number of nitrogens with one attached hydrogen (secondary N) is 1. The largest absolute Gasteiger partial charge is 0.393 e. The minimum absolute atomic E-state index is 0.0959. The van der Waals surface area contributed by atoms with Gasteiger partial charge in [0.2, 0.25) is 0 Å². The van der Waals surface area contributed by atoms with Crippen LogP contribution in [0.2, 0.25) is 0 Å². The number of rotatable bonds is 4. The first-order chi connectivity index (χ1) is 6.45. The van der Waals surface area contributed by atoms with Crippen molar-refractivity contribution in [3.63, 3.8) is 0 Å². The molecular weight excluding hydrogens is 182 g/mol. The van der Waals surface area contributed by atoms with E-state index in [-0.39, 0.29) is 12.0 Å². The number of hydrogen-bond donors (Lipinski definition) is 2. The average molecular weight is 201 g/mol. The third-order valence-electron chi connectivity index (χ3n) is 2.82. The molecule has 0 atom stereocenters. The molecule has 1 amide bonds. The van der Waals surface area contributed by atoms with Crippen molar-refractivity contribution in [1.82, 2.24) is 5.32 Å². The standard InChI is InChI=1S/C10H19NO3/c1-10(2,14-3)9(13)11-6-7-4-8(12)5-7/h7-8,12H,4-6H2,1-3H3,(H,11,13). The topological polar surface area (TPSA) is 58.6 Å². The average Bonchev–Trinajstić information content (AvgIpc) is 2.10. The van der Waals surface area contributed by atoms with Crippen LogP contribution in [-0.2, 0) is 9.53 Å². The molecule has 0 aromatic rings. The monoisotopic (exact) mass is 201 g/mol. The molecule has 0 spiro atoms. The number of carbonyl (C=O) groups excluding carboxylic acids is 1. The Hall–Kier alpha value is -0.610. The van der Waals surface area contributed by atoms with Crippen LogP contribution in [0.4, 0.5) is 0 Å². The number of amides is 1. The highest BCUT2D eigenvalue weighted by molar-refractivity contribution is 5.84. The number of ether oxygens (including phenoxy) is 1. The van der Waals surface area contributed by atoms with Crippen LogP contribution in [0.5, 0.6) is 0 Å². The van der Waals surface area contributed by atoms with Crippen molar-refractivity contribution in [3.8, 4) is 0 Å². The fourth-order valence-electron chi connectivity index (χ4n) is 1.41. The van der Waals surface area contributed by atoms with Crippen molar-refractivity contribution in [3.05, 3.63) is 0 Å². The van der Waals surface area contributed by atoms with Gasteiger partial charge < -0.3 is 15.2 Å². The Morgan fingerprint density at radius 1 is 1.57 bits per heavy atom. The summed E-state index contributed by atoms with van der Waals surface area (Å²) in [5.41, 5.74) is -0.762. The maximum Gasteiger partial charge on any atom is 0.251 e. The van der Waals surface area contributed by atoms with E-state index in [1.807, 2.05) is 0 Å². The van der Waals surface area contributed by atoms with Gasteiger partial charge in [0.25, 0.3) is 5.91 Å². The Morgan fingerprint density at radius 2 is 2.14 bits per heavy atom. The van der Waals surface area contributed by atoms with Gasteiger partial charge in [-0.05, 0) is 32.6 Å². The minimum atomic E-state index is -0.762. The number of hydrogen-bond acceptors (Lipinski definition) is 3. The molecule has 0 radical (unpaired) electrons. The minimum Gasteiger partial charge on any atom is -0.393 e. The summed E-state index contributed by atoms with van der Waals surface area (Å²) < 4.78 is 5.04. The quantitative estimate of drug-likeness (QED) is 0.687. The summed E-state index contributed by atoms with van der Waals surface area (Å²) >= 11 is 0. The number of carbonyl (C=O) groups is 1. The molecule has 82 valence electrons. The summed E-state index contributed by atoms with van der Waals surface area (Å²) in [5, 5.41) is 11.9. The summed E-state index contributed by atoms with van der Waals surface area (Å²) in [4.78, 5) is 11.5. The van der Waals surface area contributed by atoms with Gasteiger partial charge >= 0.3 is 0 Å². The molecule has 0 aromatic carbocycles. The summed E-state index contributed by atoms with van der Waals surface area (Å²) in [5.74, 6) is 0.336. The van der Waals surface area contributed by atoms with Crippen LogP contribution >= 0.6 is 0 Å². The van der Waals surface area contributed by atoms with E-state index >= 15 is 0 Å². The molecule has 4 nitrogen and oxygen atoms in total. The Bertz CT molecular complexity index is 209. The smallest absolute Gasteiger partial charge is 0.251 e. The summed E-state index contributed by atoms with van der Waals surface area (Å²) in [6, 6.07) is 0. The maximum absolute atomic E-state index is 11.5. The number of aliphatic hydroxyl groups excluding tert-OH is 1. The lowest BCUT2D eigenvalue weighted by Gasteiger charge is -2.32. The van der Waals surface area contributed by atoms with Gasteiger partial charge in [-0.15, -0.1) is 0 Å². The van der Waals surface area contributed by atoms with Gasteiger partial charge in [-0.25, -0.2) is 0 Å². The molecule has 0 aromatic heterocycles. The zero-order valence-electron chi connectivity index (χ0n) is 9.04. The Morgan fingerprint density at radius 3 is 2.57 bits per heavy atom. The van der Waals surface area contributed by atoms with E-state index < -0.39 is 5.60 Å². The molecule has 0 bridgehead atoms. The zero-order chi connectivity index (χ0) is 10.8. The number of methoxy groups -OCH3 is 1. The lowest BCUT2D eigenvalue weighted by Crippen LogP contribution is -2.47. The fourth-order valence-corrected chi connectivity index (χ4v) is 1.41. The van der Waals surface area contributed by atoms with Gasteiger partial charge in [-0.1, -0.05) is 0 Å². The molecule has 0 saturated heterocycles. The van der Waals surface area contributed by atoms with Crippen molar-refractivity contribution in [2.45, 2.75) is 38.4 Å². The van der Waals surface area contributed by atoms with Gasteiger partial charge in [0.15, 0.2) is 0 Å². The molecule has 0 unspecified atom stereocenters. The normalized spacial score (nSPS) is 26.9. The first-order valence-corrected chi connectivity index (χ1v) is 4.97. The Labute approximate surface area is 84.6 Å². The van der Waals surface area contributed by atoms with Crippen LogP contribution in [-0.4, -0.2) is 36.4 Å². The predicted molar refractivity (Wildman–Crippen MR) is 52.8 cm³/mol. The molecular formula is C10H19NO3. The van der Waals surface area contributed by atoms with Crippen LogP contribution < -0.4 is 5.32 Å². The van der Waals surface area contributed by atoms with Gasteiger partial charge in [-0.2, -0.15) is 0 Å². The van der Waals surface area contributed by atoms with Gasteiger partial charge in [0.05, 0.1) is 6.10 Å². The van der Waals surface area contributed by atoms with E-state index in [1.54, 1.807) is 13.8 Å². The van der Waals surface area contributed by atoms with E-state index in [4.69, 9.17) is 9.84 Å². The molecule has 1 saturated carbocycles. The van der Waals surface area contributed by atoms with E-state index in [1.165, 1.54) is 7.11 Å². The first kappa shape index (κ1) is 11.5. The second-order valence-electron chi connectivity index (χ2n) is 4.42. The molecule has 0 aliphatic heterocycles. The maximum atomic E-state index is 11.5. The summed E-state index contributed by atoms with van der Waals surface area (Å²) in [7, 11) is 1.52. The van der Waals surface area contributed by atoms with Crippen molar-refractivity contribution in [2.24, 2.45) is 5.92 Å². The van der Waals surface area contributed by atoms with Crippen molar-refractivity contribution in [2.75, 3.05) is 13.7 Å². The lowest BCUT2D eigenvalue weighted by atomic mass is 9.82. The van der Waals surface area contributed by atoms with E-state index in [0.717, 1.165) is 12.8 Å². The zero-order valence-corrected chi connectivity index (χ0v) is 9.04. The summed E-state index contributed by atoms with van der Waals surface area (Å²) in [6.45, 7) is 4.11. The molecule has 2 N–H and O–H groups in total. The molecule has 4 heteroatoms. The number of aliphatic hydroxyl groups is 1. The molecule has 1 fully saturated rings. The molecule has 1 aliphatic rings. The van der Waals surface area contributed by atoms with Gasteiger partial charge in [0, 0.05) is 13.7 Å². The second kappa shape index (κ2) is 4.28. The highest BCUT2D eigenvalue weighted by Crippen LogP contribution is 2.26. The SMILES string of the molecule is COC(C)(C)C(=O)NCC1CC(O)C1. The van der Waals surface area contributed by atoms with Crippen LogP contribution in [0.25, 0.3) is 0 Å². The van der Waals surface area contributed by atoms with Crippen molar-refractivity contribution in [1.29, 1.82) is 0 Å². The van der Waals surface area contributed by atoms with E-state index in [9.17, 15) is 4.79 Å². The molecule has 14 heavy (non-hydrogen) atoms. The fraction of sp³-hybridized carbons (Fsp3) is 0.900. The first-order valence-electron chi connectivity index (χ1n) is 4.97. The highest BCUT2D eigenvalue weighted by atomic mass is 16.5. The van der Waals surface area contributed by atoms with Crippen molar-refractivity contribution >= 4 is 5.91 Å². The third-order valence-corrected chi connectivity index (χ3v) is 2.82. The Kier molecular flexibility index (Phi) is 3.50. The van der Waals surface area contributed by atoms with Crippen LogP contribution in [0.1, 0.15) is 26.7 Å². The third kappa shape index (κ3) is 2.69. The second-order valence-corrected chi connectivity index (χ2v) is 4.42. The molecule has 1 rings (SSSR count). The van der Waals surface area contributed by atoms with Crippen molar-refractivity contribution < 1.29 is 14.6 Å². The van der Waals surface area contributed by atoms with E-state index in [2.05, 4.69) is 5.32 Å². The van der Waals surface area contributed by atoms with Gasteiger partial charge in [-0.3, -0.25) is 4.79 Å². The lowest BCUT2D eigenvalue weighted by molar-refractivity contribution is -0.140.